The molecule has 134 valence electrons. The predicted octanol–water partition coefficient (Wildman–Crippen LogP) is 4.04. The molecule has 0 aromatic heterocycles. The highest BCUT2D eigenvalue weighted by atomic mass is 16.6. The first-order valence-corrected chi connectivity index (χ1v) is 8.66. The molecule has 1 heterocycles. The lowest BCUT2D eigenvalue weighted by Gasteiger charge is -2.07. The van der Waals surface area contributed by atoms with Crippen molar-refractivity contribution in [2.24, 2.45) is 0 Å². The molecule has 1 aliphatic heterocycles. The minimum atomic E-state index is -0.571. The monoisotopic (exact) mass is 344 g/mol. The highest BCUT2D eigenvalue weighted by Crippen LogP contribution is 2.30. The van der Waals surface area contributed by atoms with Gasteiger partial charge in [0.1, 0.15) is 6.61 Å². The first kappa shape index (κ1) is 18.8. The van der Waals surface area contributed by atoms with Crippen molar-refractivity contribution in [2.75, 3.05) is 6.61 Å². The Morgan fingerprint density at radius 1 is 1.16 bits per heavy atom. The second-order valence-corrected chi connectivity index (χ2v) is 5.69. The Labute approximate surface area is 148 Å². The molecule has 0 fully saturated rings. The smallest absolute Gasteiger partial charge is 0.343 e. The van der Waals surface area contributed by atoms with Crippen LogP contribution in [-0.4, -0.2) is 18.5 Å². The third-order valence-electron chi connectivity index (χ3n) is 3.74. The van der Waals surface area contributed by atoms with Crippen molar-refractivity contribution < 1.29 is 23.8 Å². The summed E-state index contributed by atoms with van der Waals surface area (Å²) in [6.45, 7) is 4.47. The van der Waals surface area contributed by atoms with Crippen molar-refractivity contribution in [3.05, 3.63) is 59.1 Å². The summed E-state index contributed by atoms with van der Waals surface area (Å²) in [4.78, 5) is 24.1. The molecule has 0 saturated heterocycles. The summed E-state index contributed by atoms with van der Waals surface area (Å²) in [5.74, 6) is -0.517. The number of unbranched alkanes of at least 4 members (excludes halogenated alkanes) is 2. The van der Waals surface area contributed by atoms with Gasteiger partial charge in [0, 0.05) is 0 Å². The average molecular weight is 344 g/mol. The summed E-state index contributed by atoms with van der Waals surface area (Å²) in [7, 11) is 0. The Kier molecular flexibility index (Phi) is 7.26. The summed E-state index contributed by atoms with van der Waals surface area (Å²) in [5.41, 5.74) is 1.39. The van der Waals surface area contributed by atoms with Crippen molar-refractivity contribution in [1.29, 1.82) is 0 Å². The molecule has 0 saturated carbocycles. The highest BCUT2D eigenvalue weighted by Gasteiger charge is 2.31. The van der Waals surface area contributed by atoms with Gasteiger partial charge in [-0.2, -0.15) is 0 Å². The van der Waals surface area contributed by atoms with Crippen LogP contribution in [0.3, 0.4) is 0 Å². The Morgan fingerprint density at radius 3 is 2.60 bits per heavy atom. The van der Waals surface area contributed by atoms with Crippen LogP contribution in [-0.2, 0) is 30.4 Å². The molecule has 0 atom stereocenters. The Morgan fingerprint density at radius 2 is 1.92 bits per heavy atom. The van der Waals surface area contributed by atoms with Gasteiger partial charge in [0.25, 0.3) is 0 Å². The third-order valence-corrected chi connectivity index (χ3v) is 3.74. The van der Waals surface area contributed by atoms with Gasteiger partial charge < -0.3 is 14.2 Å². The summed E-state index contributed by atoms with van der Waals surface area (Å²) in [6.07, 6.45) is 4.72. The molecule has 1 aromatic carbocycles. The van der Waals surface area contributed by atoms with Crippen LogP contribution in [0, 0.1) is 0 Å². The van der Waals surface area contributed by atoms with Gasteiger partial charge in [0.15, 0.2) is 11.5 Å². The molecule has 1 aliphatic rings. The lowest BCUT2D eigenvalue weighted by molar-refractivity contribution is -0.139. The zero-order valence-corrected chi connectivity index (χ0v) is 14.7. The first-order chi connectivity index (χ1) is 12.2. The van der Waals surface area contributed by atoms with Crippen molar-refractivity contribution in [1.82, 2.24) is 0 Å². The number of hydrogen-bond donors (Lipinski definition) is 0. The van der Waals surface area contributed by atoms with Crippen LogP contribution >= 0.6 is 0 Å². The number of hydrogen-bond acceptors (Lipinski definition) is 5. The molecular weight excluding hydrogens is 320 g/mol. The van der Waals surface area contributed by atoms with E-state index in [-0.39, 0.29) is 12.4 Å². The van der Waals surface area contributed by atoms with Crippen LogP contribution in [0.5, 0.6) is 0 Å². The molecule has 5 nitrogen and oxygen atoms in total. The van der Waals surface area contributed by atoms with Crippen LogP contribution < -0.4 is 0 Å². The fraction of sp³-hybridized carbons (Fsp3) is 0.400. The Bertz CT molecular complexity index is 658. The SMILES string of the molecule is CCCCCC1=C(OCC)/C(=C/C(=O)OCc2ccccc2)OC1=O. The second-order valence-electron chi connectivity index (χ2n) is 5.69. The van der Waals surface area contributed by atoms with Gasteiger partial charge in [-0.15, -0.1) is 0 Å². The number of benzene rings is 1. The van der Waals surface area contributed by atoms with Crippen LogP contribution in [0.4, 0.5) is 0 Å². The topological polar surface area (TPSA) is 61.8 Å². The van der Waals surface area contributed by atoms with Crippen LogP contribution in [0.2, 0.25) is 0 Å². The zero-order chi connectivity index (χ0) is 18.1. The Balaban J connectivity index is 2.05. The van der Waals surface area contributed by atoms with Gasteiger partial charge in [0.2, 0.25) is 0 Å². The zero-order valence-electron chi connectivity index (χ0n) is 14.7. The van der Waals surface area contributed by atoms with E-state index >= 15 is 0 Å². The van der Waals surface area contributed by atoms with E-state index in [2.05, 4.69) is 6.92 Å². The van der Waals surface area contributed by atoms with Crippen molar-refractivity contribution in [3.8, 4) is 0 Å². The minimum Gasteiger partial charge on any atom is -0.489 e. The van der Waals surface area contributed by atoms with E-state index in [1.54, 1.807) is 0 Å². The molecule has 1 aromatic rings. The normalized spacial score (nSPS) is 15.4. The number of carbonyl (C=O) groups is 2. The quantitative estimate of drug-likeness (QED) is 0.384. The highest BCUT2D eigenvalue weighted by molar-refractivity contribution is 5.95. The Hall–Kier alpha value is -2.56. The van der Waals surface area contributed by atoms with E-state index in [4.69, 9.17) is 14.2 Å². The van der Waals surface area contributed by atoms with E-state index in [1.807, 2.05) is 37.3 Å². The largest absolute Gasteiger partial charge is 0.489 e. The number of cyclic esters (lactones) is 1. The fourth-order valence-electron chi connectivity index (χ4n) is 2.49. The average Bonchev–Trinajstić information content (AvgIpc) is 2.90. The summed E-state index contributed by atoms with van der Waals surface area (Å²) >= 11 is 0. The van der Waals surface area contributed by atoms with Crippen LogP contribution in [0.1, 0.15) is 45.1 Å². The van der Waals surface area contributed by atoms with E-state index in [1.165, 1.54) is 6.08 Å². The van der Waals surface area contributed by atoms with Gasteiger partial charge in [-0.1, -0.05) is 50.1 Å². The molecule has 5 heteroatoms. The molecule has 0 unspecified atom stereocenters. The molecule has 0 N–H and O–H groups in total. The lowest BCUT2D eigenvalue weighted by atomic mass is 10.1. The maximum atomic E-state index is 12.1. The maximum Gasteiger partial charge on any atom is 0.343 e. The lowest BCUT2D eigenvalue weighted by Crippen LogP contribution is -2.04. The summed E-state index contributed by atoms with van der Waals surface area (Å²) in [5, 5.41) is 0. The van der Waals surface area contributed by atoms with E-state index in [0.717, 1.165) is 24.8 Å². The molecule has 0 aliphatic carbocycles. The van der Waals surface area contributed by atoms with Gasteiger partial charge >= 0.3 is 11.9 Å². The first-order valence-electron chi connectivity index (χ1n) is 8.66. The molecule has 2 rings (SSSR count). The van der Waals surface area contributed by atoms with Crippen molar-refractivity contribution >= 4 is 11.9 Å². The van der Waals surface area contributed by atoms with Crippen LogP contribution in [0.25, 0.3) is 0 Å². The van der Waals surface area contributed by atoms with Gasteiger partial charge in [-0.25, -0.2) is 9.59 Å². The van der Waals surface area contributed by atoms with Crippen molar-refractivity contribution in [2.45, 2.75) is 46.1 Å². The predicted molar refractivity (Wildman–Crippen MR) is 93.2 cm³/mol. The number of rotatable bonds is 9. The van der Waals surface area contributed by atoms with Gasteiger partial charge in [-0.05, 0) is 25.3 Å². The number of esters is 2. The molecule has 0 radical (unpaired) electrons. The summed E-state index contributed by atoms with van der Waals surface area (Å²) < 4.78 is 16.0. The third kappa shape index (κ3) is 5.48. The fourth-order valence-corrected chi connectivity index (χ4v) is 2.49. The molecular formula is C20H24O5. The summed E-state index contributed by atoms with van der Waals surface area (Å²) in [6, 6.07) is 9.38. The van der Waals surface area contributed by atoms with E-state index in [0.29, 0.717) is 24.4 Å². The van der Waals surface area contributed by atoms with Crippen molar-refractivity contribution in [3.63, 3.8) is 0 Å². The van der Waals surface area contributed by atoms with E-state index < -0.39 is 11.9 Å². The second kappa shape index (κ2) is 9.67. The van der Waals surface area contributed by atoms with Gasteiger partial charge in [0.05, 0.1) is 18.3 Å². The molecule has 0 spiro atoms. The molecule has 25 heavy (non-hydrogen) atoms. The molecule has 0 amide bonds. The standard InChI is InChI=1S/C20H24O5/c1-3-5-7-12-16-19(23-4-2)17(25-20(16)22)13-18(21)24-14-15-10-8-6-9-11-15/h6,8-11,13H,3-5,7,12,14H2,1-2H3/b17-13-. The van der Waals surface area contributed by atoms with Crippen LogP contribution in [0.15, 0.2) is 53.5 Å². The minimum absolute atomic E-state index is 0.136. The number of ether oxygens (including phenoxy) is 3. The maximum absolute atomic E-state index is 12.1. The number of carbonyl (C=O) groups excluding carboxylic acids is 2. The van der Waals surface area contributed by atoms with E-state index in [9.17, 15) is 9.59 Å². The molecule has 0 bridgehead atoms. The van der Waals surface area contributed by atoms with Gasteiger partial charge in [-0.3, -0.25) is 0 Å².